The Labute approximate surface area is 217 Å². The molecule has 3 aromatic rings. The Morgan fingerprint density at radius 2 is 1.46 bits per heavy atom. The summed E-state index contributed by atoms with van der Waals surface area (Å²) >= 11 is 18.0. The maximum Gasteiger partial charge on any atom is 0.306 e. The molecule has 0 aromatic heterocycles. The van der Waals surface area contributed by atoms with E-state index in [-0.39, 0.29) is 30.2 Å². The van der Waals surface area contributed by atoms with Crippen LogP contribution in [0.4, 0.5) is 11.4 Å². The number of nitrogens with one attached hydrogen (secondary N) is 2. The van der Waals surface area contributed by atoms with Crippen molar-refractivity contribution >= 4 is 64.0 Å². The van der Waals surface area contributed by atoms with Crippen LogP contribution in [0.25, 0.3) is 0 Å². The van der Waals surface area contributed by atoms with Crippen LogP contribution in [0.5, 0.6) is 11.5 Å². The number of carbonyl (C=O) groups is 3. The first kappa shape index (κ1) is 26.3. The van der Waals surface area contributed by atoms with Gasteiger partial charge >= 0.3 is 5.97 Å². The first-order chi connectivity index (χ1) is 16.8. The highest BCUT2D eigenvalue weighted by atomic mass is 35.5. The number of hydrogen-bond acceptors (Lipinski definition) is 5. The van der Waals surface area contributed by atoms with Gasteiger partial charge in [-0.15, -0.1) is 0 Å². The maximum absolute atomic E-state index is 12.1. The molecule has 0 bridgehead atoms. The highest BCUT2D eigenvalue weighted by molar-refractivity contribution is 6.44. The quantitative estimate of drug-likeness (QED) is 0.281. The van der Waals surface area contributed by atoms with E-state index in [2.05, 4.69) is 10.6 Å². The number of amides is 2. The topological polar surface area (TPSA) is 93.7 Å². The average Bonchev–Trinajstić information content (AvgIpc) is 2.83. The van der Waals surface area contributed by atoms with Crippen molar-refractivity contribution in [2.75, 3.05) is 17.2 Å². The first-order valence-electron chi connectivity index (χ1n) is 10.5. The van der Waals surface area contributed by atoms with E-state index < -0.39 is 18.5 Å². The van der Waals surface area contributed by atoms with E-state index >= 15 is 0 Å². The average molecular weight is 536 g/mol. The van der Waals surface area contributed by atoms with Gasteiger partial charge in [0.15, 0.2) is 6.61 Å². The molecule has 0 aliphatic carbocycles. The van der Waals surface area contributed by atoms with E-state index in [1.165, 1.54) is 0 Å². The van der Waals surface area contributed by atoms with Gasteiger partial charge in [0.2, 0.25) is 5.91 Å². The number of halogens is 3. The Kier molecular flexibility index (Phi) is 9.78. The second-order valence-corrected chi connectivity index (χ2v) is 8.46. The number of ether oxygens (including phenoxy) is 2. The predicted octanol–water partition coefficient (Wildman–Crippen LogP) is 6.73. The summed E-state index contributed by atoms with van der Waals surface area (Å²) in [4.78, 5) is 36.0. The molecule has 0 saturated heterocycles. The molecule has 7 nitrogen and oxygen atoms in total. The summed E-state index contributed by atoms with van der Waals surface area (Å²) in [5.74, 6) is -0.302. The molecular formula is C25H21Cl3N2O5. The monoisotopic (exact) mass is 534 g/mol. The van der Waals surface area contributed by atoms with E-state index in [0.717, 1.165) is 0 Å². The lowest BCUT2D eigenvalue weighted by Gasteiger charge is -2.09. The highest BCUT2D eigenvalue weighted by Gasteiger charge is 2.12. The SMILES string of the molecule is O=C(CCCC(=O)OCC(=O)Nc1cccc(Cl)c1Cl)Nc1ccc(Oc2ccccc2Cl)cc1. The molecule has 35 heavy (non-hydrogen) atoms. The molecule has 0 unspecified atom stereocenters. The van der Waals surface area contributed by atoms with Crippen molar-refractivity contribution in [2.45, 2.75) is 19.3 Å². The minimum atomic E-state index is -0.591. The van der Waals surface area contributed by atoms with Crippen LogP contribution in [-0.2, 0) is 19.1 Å². The van der Waals surface area contributed by atoms with Crippen molar-refractivity contribution < 1.29 is 23.9 Å². The lowest BCUT2D eigenvalue weighted by atomic mass is 10.2. The third-order valence-electron chi connectivity index (χ3n) is 4.58. The molecule has 2 amide bonds. The molecule has 0 fully saturated rings. The zero-order chi connectivity index (χ0) is 25.2. The van der Waals surface area contributed by atoms with E-state index in [4.69, 9.17) is 44.3 Å². The van der Waals surface area contributed by atoms with Crippen LogP contribution in [0.3, 0.4) is 0 Å². The zero-order valence-electron chi connectivity index (χ0n) is 18.4. The molecule has 3 rings (SSSR count). The van der Waals surface area contributed by atoms with Gasteiger partial charge in [-0.05, 0) is 55.0 Å². The highest BCUT2D eigenvalue weighted by Crippen LogP contribution is 2.30. The van der Waals surface area contributed by atoms with Crippen molar-refractivity contribution in [2.24, 2.45) is 0 Å². The second kappa shape index (κ2) is 13.0. The fraction of sp³-hybridized carbons (Fsp3) is 0.160. The van der Waals surface area contributed by atoms with E-state index in [1.54, 1.807) is 54.6 Å². The molecule has 0 atom stereocenters. The Balaban J connectivity index is 1.34. The second-order valence-electron chi connectivity index (χ2n) is 7.27. The number of hydrogen-bond donors (Lipinski definition) is 2. The number of carbonyl (C=O) groups excluding carboxylic acids is 3. The Morgan fingerprint density at radius 1 is 0.743 bits per heavy atom. The Hall–Kier alpha value is -3.26. The van der Waals surface area contributed by atoms with Crippen LogP contribution < -0.4 is 15.4 Å². The van der Waals surface area contributed by atoms with Crippen LogP contribution in [0.1, 0.15) is 19.3 Å². The minimum absolute atomic E-state index is 0.0107. The standard InChI is InChI=1S/C25H21Cl3N2O5/c26-18-5-1-2-8-21(18)35-17-13-11-16(12-14-17)29-22(31)9-4-10-24(33)34-15-23(32)30-20-7-3-6-19(27)25(20)28/h1-3,5-8,11-14H,4,9-10,15H2,(H,29,31)(H,30,32). The van der Waals surface area contributed by atoms with Gasteiger partial charge in [-0.25, -0.2) is 0 Å². The van der Waals surface area contributed by atoms with E-state index in [9.17, 15) is 14.4 Å². The van der Waals surface area contributed by atoms with Crippen LogP contribution in [0, 0.1) is 0 Å². The lowest BCUT2D eigenvalue weighted by Crippen LogP contribution is -2.21. The summed E-state index contributed by atoms with van der Waals surface area (Å²) in [6, 6.07) is 18.7. The number of anilines is 2. The third kappa shape index (κ3) is 8.47. The summed E-state index contributed by atoms with van der Waals surface area (Å²) in [5.41, 5.74) is 0.903. The maximum atomic E-state index is 12.1. The predicted molar refractivity (Wildman–Crippen MR) is 136 cm³/mol. The number of rotatable bonds is 10. The van der Waals surface area contributed by atoms with Crippen molar-refractivity contribution in [3.8, 4) is 11.5 Å². The summed E-state index contributed by atoms with van der Waals surface area (Å²) in [7, 11) is 0. The Morgan fingerprint density at radius 3 is 2.20 bits per heavy atom. The molecule has 0 spiro atoms. The zero-order valence-corrected chi connectivity index (χ0v) is 20.6. The Bertz CT molecular complexity index is 1200. The van der Waals surface area contributed by atoms with Gasteiger partial charge in [0.25, 0.3) is 5.91 Å². The molecule has 3 aromatic carbocycles. The molecule has 0 saturated carbocycles. The molecular weight excluding hydrogens is 515 g/mol. The molecule has 0 aliphatic rings. The fourth-order valence-electron chi connectivity index (χ4n) is 2.88. The van der Waals surface area contributed by atoms with Gasteiger partial charge in [-0.1, -0.05) is 53.0 Å². The first-order valence-corrected chi connectivity index (χ1v) is 11.7. The summed E-state index contributed by atoms with van der Waals surface area (Å²) in [5, 5.41) is 6.25. The van der Waals surface area contributed by atoms with Gasteiger partial charge in [0.05, 0.1) is 20.8 Å². The van der Waals surface area contributed by atoms with Crippen molar-refractivity contribution in [1.29, 1.82) is 0 Å². The van der Waals surface area contributed by atoms with Crippen molar-refractivity contribution in [3.05, 3.63) is 81.8 Å². The summed E-state index contributed by atoms with van der Waals surface area (Å²) in [6.45, 7) is -0.476. The molecule has 0 aliphatic heterocycles. The molecule has 182 valence electrons. The van der Waals surface area contributed by atoms with Crippen LogP contribution in [0.15, 0.2) is 66.7 Å². The van der Waals surface area contributed by atoms with E-state index in [0.29, 0.717) is 32.9 Å². The van der Waals surface area contributed by atoms with Crippen LogP contribution in [0.2, 0.25) is 15.1 Å². The van der Waals surface area contributed by atoms with Crippen LogP contribution in [-0.4, -0.2) is 24.4 Å². The molecule has 10 heteroatoms. The summed E-state index contributed by atoms with van der Waals surface area (Å²) in [6.07, 6.45) is 0.362. The normalized spacial score (nSPS) is 10.4. The largest absolute Gasteiger partial charge is 0.456 e. The summed E-state index contributed by atoms with van der Waals surface area (Å²) < 4.78 is 10.6. The smallest absolute Gasteiger partial charge is 0.306 e. The molecule has 0 radical (unpaired) electrons. The molecule has 2 N–H and O–H groups in total. The van der Waals surface area contributed by atoms with Crippen LogP contribution >= 0.6 is 34.8 Å². The van der Waals surface area contributed by atoms with Gasteiger partial charge in [-0.2, -0.15) is 0 Å². The fourth-order valence-corrected chi connectivity index (χ4v) is 3.40. The van der Waals surface area contributed by atoms with E-state index in [1.807, 2.05) is 12.1 Å². The molecule has 0 heterocycles. The van der Waals surface area contributed by atoms with Gasteiger partial charge in [0, 0.05) is 18.5 Å². The van der Waals surface area contributed by atoms with Gasteiger partial charge in [-0.3, -0.25) is 14.4 Å². The van der Waals surface area contributed by atoms with Gasteiger partial charge < -0.3 is 20.1 Å². The number of para-hydroxylation sites is 1. The number of benzene rings is 3. The van der Waals surface area contributed by atoms with Crippen molar-refractivity contribution in [3.63, 3.8) is 0 Å². The van der Waals surface area contributed by atoms with Gasteiger partial charge in [0.1, 0.15) is 11.5 Å². The third-order valence-corrected chi connectivity index (χ3v) is 5.71. The van der Waals surface area contributed by atoms with Crippen molar-refractivity contribution in [1.82, 2.24) is 0 Å². The minimum Gasteiger partial charge on any atom is -0.456 e. The lowest BCUT2D eigenvalue weighted by molar-refractivity contribution is -0.147. The number of esters is 1.